The Morgan fingerprint density at radius 3 is 2.33 bits per heavy atom. The van der Waals surface area contributed by atoms with Crippen LogP contribution in [-0.4, -0.2) is 0 Å². The fourth-order valence-corrected chi connectivity index (χ4v) is 1.93. The normalized spacial score (nSPS) is 10.5. The Morgan fingerprint density at radius 2 is 1.58 bits per heavy atom. The third kappa shape index (κ3) is 1.14. The van der Waals surface area contributed by atoms with Crippen LogP contribution in [-0.2, 0) is 0 Å². The molecule has 0 radical (unpaired) electrons. The van der Waals surface area contributed by atoms with Gasteiger partial charge in [-0.25, -0.2) is 0 Å². The Morgan fingerprint density at radius 1 is 0.917 bits per heavy atom. The second-order valence-corrected chi connectivity index (χ2v) is 3.76. The van der Waals surface area contributed by atoms with Gasteiger partial charge >= 0.3 is 0 Å². The second kappa shape index (κ2) is 2.91. The van der Waals surface area contributed by atoms with Crippen molar-refractivity contribution in [2.75, 3.05) is 0 Å². The van der Waals surface area contributed by atoms with Crippen molar-refractivity contribution in [1.82, 2.24) is 0 Å². The van der Waals surface area contributed by atoms with Gasteiger partial charge in [-0.1, -0.05) is 46.3 Å². The maximum absolute atomic E-state index is 3.53. The number of hydrogen-bond acceptors (Lipinski definition) is 0. The van der Waals surface area contributed by atoms with E-state index in [0.717, 1.165) is 0 Å². The predicted octanol–water partition coefficient (Wildman–Crippen LogP) is 3.91. The minimum absolute atomic E-state index is 1.17. The lowest BCUT2D eigenvalue weighted by Crippen LogP contribution is -1.77. The lowest BCUT2D eigenvalue weighted by molar-refractivity contribution is 1.53. The summed E-state index contributed by atoms with van der Waals surface area (Å²) in [6.45, 7) is 2.13. The molecule has 0 aliphatic rings. The SMILES string of the molecule is Cc1cccc2c(Br)cccc12. The van der Waals surface area contributed by atoms with Gasteiger partial charge < -0.3 is 0 Å². The molecule has 0 aromatic heterocycles. The van der Waals surface area contributed by atoms with Crippen LogP contribution < -0.4 is 0 Å². The highest BCUT2D eigenvalue weighted by molar-refractivity contribution is 9.10. The summed E-state index contributed by atoms with van der Waals surface area (Å²) in [5.74, 6) is 0. The molecule has 0 unspecified atom stereocenters. The van der Waals surface area contributed by atoms with E-state index in [1.807, 2.05) is 0 Å². The van der Waals surface area contributed by atoms with Crippen molar-refractivity contribution in [1.29, 1.82) is 0 Å². The monoisotopic (exact) mass is 220 g/mol. The van der Waals surface area contributed by atoms with Crippen LogP contribution in [0, 0.1) is 6.92 Å². The Kier molecular flexibility index (Phi) is 1.89. The largest absolute Gasteiger partial charge is 0.0613 e. The van der Waals surface area contributed by atoms with Crippen molar-refractivity contribution < 1.29 is 0 Å². The maximum Gasteiger partial charge on any atom is 0.0253 e. The third-order valence-corrected chi connectivity index (χ3v) is 2.78. The zero-order valence-electron chi connectivity index (χ0n) is 6.84. The van der Waals surface area contributed by atoms with E-state index < -0.39 is 0 Å². The van der Waals surface area contributed by atoms with Gasteiger partial charge in [-0.2, -0.15) is 0 Å². The minimum Gasteiger partial charge on any atom is -0.0613 e. The molecule has 60 valence electrons. The highest BCUT2D eigenvalue weighted by Crippen LogP contribution is 2.25. The van der Waals surface area contributed by atoms with Crippen molar-refractivity contribution in [2.24, 2.45) is 0 Å². The second-order valence-electron chi connectivity index (χ2n) is 2.91. The molecular formula is C11H9Br. The molecule has 0 nitrogen and oxygen atoms in total. The Labute approximate surface area is 80.3 Å². The molecule has 0 amide bonds. The summed E-state index contributed by atoms with van der Waals surface area (Å²) in [5.41, 5.74) is 1.33. The lowest BCUT2D eigenvalue weighted by atomic mass is 10.1. The fraction of sp³-hybridized carbons (Fsp3) is 0.0909. The summed E-state index contributed by atoms with van der Waals surface area (Å²) < 4.78 is 1.17. The first-order chi connectivity index (χ1) is 5.79. The fourth-order valence-electron chi connectivity index (χ4n) is 1.43. The molecule has 0 saturated carbocycles. The number of hydrogen-bond donors (Lipinski definition) is 0. The molecule has 0 atom stereocenters. The molecule has 0 fully saturated rings. The van der Waals surface area contributed by atoms with Gasteiger partial charge in [0.15, 0.2) is 0 Å². The van der Waals surface area contributed by atoms with Gasteiger partial charge in [0.25, 0.3) is 0 Å². The van der Waals surface area contributed by atoms with E-state index in [4.69, 9.17) is 0 Å². The van der Waals surface area contributed by atoms with Gasteiger partial charge in [-0.3, -0.25) is 0 Å². The third-order valence-electron chi connectivity index (χ3n) is 2.09. The Hall–Kier alpha value is -0.820. The van der Waals surface area contributed by atoms with Crippen LogP contribution in [0.3, 0.4) is 0 Å². The van der Waals surface area contributed by atoms with Crippen LogP contribution in [0.1, 0.15) is 5.56 Å². The smallest absolute Gasteiger partial charge is 0.0253 e. The number of rotatable bonds is 0. The first-order valence-electron chi connectivity index (χ1n) is 3.93. The molecule has 0 saturated heterocycles. The van der Waals surface area contributed by atoms with Gasteiger partial charge in [-0.05, 0) is 29.3 Å². The Bertz CT molecular complexity index is 377. The van der Waals surface area contributed by atoms with Crippen LogP contribution in [0.25, 0.3) is 10.8 Å². The molecule has 0 heterocycles. The zero-order valence-corrected chi connectivity index (χ0v) is 8.43. The van der Waals surface area contributed by atoms with Gasteiger partial charge in [0.1, 0.15) is 0 Å². The van der Waals surface area contributed by atoms with E-state index in [0.29, 0.717) is 0 Å². The topological polar surface area (TPSA) is 0 Å². The van der Waals surface area contributed by atoms with Crippen molar-refractivity contribution in [2.45, 2.75) is 6.92 Å². The summed E-state index contributed by atoms with van der Waals surface area (Å²) in [7, 11) is 0. The van der Waals surface area contributed by atoms with Crippen LogP contribution >= 0.6 is 15.9 Å². The van der Waals surface area contributed by atoms with Crippen molar-refractivity contribution >= 4 is 26.7 Å². The van der Waals surface area contributed by atoms with E-state index in [1.165, 1.54) is 20.8 Å². The van der Waals surface area contributed by atoms with Gasteiger partial charge in [0, 0.05) is 4.47 Å². The van der Waals surface area contributed by atoms with Crippen molar-refractivity contribution in [3.8, 4) is 0 Å². The zero-order chi connectivity index (χ0) is 8.55. The highest BCUT2D eigenvalue weighted by atomic mass is 79.9. The molecule has 2 aromatic carbocycles. The summed E-state index contributed by atoms with van der Waals surface area (Å²) in [6, 6.07) is 12.6. The molecule has 0 bridgehead atoms. The van der Waals surface area contributed by atoms with E-state index in [2.05, 4.69) is 59.3 Å². The summed E-state index contributed by atoms with van der Waals surface area (Å²) in [4.78, 5) is 0. The minimum atomic E-state index is 1.17. The van der Waals surface area contributed by atoms with Gasteiger partial charge in [0.05, 0.1) is 0 Å². The van der Waals surface area contributed by atoms with E-state index in [9.17, 15) is 0 Å². The van der Waals surface area contributed by atoms with E-state index in [-0.39, 0.29) is 0 Å². The van der Waals surface area contributed by atoms with Crippen molar-refractivity contribution in [3.05, 3.63) is 46.4 Å². The molecule has 1 heteroatoms. The van der Waals surface area contributed by atoms with Gasteiger partial charge in [-0.15, -0.1) is 0 Å². The standard InChI is InChI=1S/C11H9Br/c1-8-4-2-6-10-9(8)5-3-7-11(10)12/h2-7H,1H3. The number of aryl methyl sites for hydroxylation is 1. The highest BCUT2D eigenvalue weighted by Gasteiger charge is 1.98. The van der Waals surface area contributed by atoms with Crippen LogP contribution in [0.2, 0.25) is 0 Å². The average molecular weight is 221 g/mol. The first kappa shape index (κ1) is 7.81. The van der Waals surface area contributed by atoms with E-state index in [1.54, 1.807) is 0 Å². The molecule has 2 rings (SSSR count). The molecule has 0 spiro atoms. The molecule has 2 aromatic rings. The van der Waals surface area contributed by atoms with Crippen molar-refractivity contribution in [3.63, 3.8) is 0 Å². The maximum atomic E-state index is 3.53. The lowest BCUT2D eigenvalue weighted by Gasteiger charge is -2.02. The summed E-state index contributed by atoms with van der Waals surface area (Å²) in [5, 5.41) is 2.62. The number of halogens is 1. The number of fused-ring (bicyclic) bond motifs is 1. The van der Waals surface area contributed by atoms with E-state index >= 15 is 0 Å². The molecule has 0 aliphatic heterocycles. The molecule has 12 heavy (non-hydrogen) atoms. The van der Waals surface area contributed by atoms with Crippen LogP contribution in [0.5, 0.6) is 0 Å². The average Bonchev–Trinajstić information content (AvgIpc) is 2.07. The van der Waals surface area contributed by atoms with Gasteiger partial charge in [0.2, 0.25) is 0 Å². The molecule has 0 aliphatic carbocycles. The molecule has 0 N–H and O–H groups in total. The van der Waals surface area contributed by atoms with Crippen LogP contribution in [0.4, 0.5) is 0 Å². The quantitative estimate of drug-likeness (QED) is 0.632. The number of benzene rings is 2. The molecular weight excluding hydrogens is 212 g/mol. The Balaban J connectivity index is 2.94. The summed E-state index contributed by atoms with van der Waals surface area (Å²) in [6.07, 6.45) is 0. The van der Waals surface area contributed by atoms with Crippen LogP contribution in [0.15, 0.2) is 40.9 Å². The summed E-state index contributed by atoms with van der Waals surface area (Å²) >= 11 is 3.53. The first-order valence-corrected chi connectivity index (χ1v) is 4.72. The predicted molar refractivity (Wildman–Crippen MR) is 56.4 cm³/mol.